The van der Waals surface area contributed by atoms with Crippen molar-refractivity contribution in [3.05, 3.63) is 29.8 Å². The number of hydrogen-bond acceptors (Lipinski definition) is 4. The Bertz CT molecular complexity index is 450. The molecular weight excluding hydrogens is 272 g/mol. The molecule has 2 unspecified atom stereocenters. The summed E-state index contributed by atoms with van der Waals surface area (Å²) >= 11 is 4.92. The van der Waals surface area contributed by atoms with Gasteiger partial charge in [-0.25, -0.2) is 0 Å². The van der Waals surface area contributed by atoms with E-state index in [2.05, 4.69) is 18.7 Å². The Balaban J connectivity index is 1.79. The normalized spacial score (nSPS) is 23.5. The molecule has 2 atom stereocenters. The van der Waals surface area contributed by atoms with Gasteiger partial charge < -0.3 is 15.2 Å². The summed E-state index contributed by atoms with van der Waals surface area (Å²) in [5.41, 5.74) is 6.43. The predicted octanol–water partition coefficient (Wildman–Crippen LogP) is 1.81. The first-order valence-electron chi connectivity index (χ1n) is 6.94. The molecule has 0 spiro atoms. The van der Waals surface area contributed by atoms with Crippen molar-refractivity contribution in [2.24, 2.45) is 5.73 Å². The van der Waals surface area contributed by atoms with Crippen molar-refractivity contribution in [3.8, 4) is 5.75 Å². The number of rotatable bonds is 5. The van der Waals surface area contributed by atoms with Gasteiger partial charge in [-0.3, -0.25) is 4.90 Å². The molecule has 1 heterocycles. The smallest absolute Gasteiger partial charge is 0.119 e. The Morgan fingerprint density at radius 2 is 2.10 bits per heavy atom. The van der Waals surface area contributed by atoms with Gasteiger partial charge >= 0.3 is 0 Å². The zero-order valence-corrected chi connectivity index (χ0v) is 12.9. The molecule has 110 valence electrons. The Hall–Kier alpha value is -1.17. The summed E-state index contributed by atoms with van der Waals surface area (Å²) in [4.78, 5) is 2.81. The second-order valence-corrected chi connectivity index (χ2v) is 5.66. The molecule has 4 nitrogen and oxygen atoms in total. The molecule has 1 aromatic carbocycles. The highest BCUT2D eigenvalue weighted by Gasteiger charge is 2.22. The van der Waals surface area contributed by atoms with Crippen LogP contribution in [0.4, 0.5) is 0 Å². The van der Waals surface area contributed by atoms with E-state index >= 15 is 0 Å². The van der Waals surface area contributed by atoms with Crippen LogP contribution in [-0.4, -0.2) is 48.3 Å². The van der Waals surface area contributed by atoms with Crippen LogP contribution in [-0.2, 0) is 4.74 Å². The lowest BCUT2D eigenvalue weighted by Gasteiger charge is -2.36. The van der Waals surface area contributed by atoms with Crippen molar-refractivity contribution >= 4 is 17.2 Å². The molecule has 2 N–H and O–H groups in total. The van der Waals surface area contributed by atoms with Crippen LogP contribution in [0.3, 0.4) is 0 Å². The zero-order chi connectivity index (χ0) is 14.5. The fourth-order valence-corrected chi connectivity index (χ4v) is 2.42. The molecule has 1 fully saturated rings. The van der Waals surface area contributed by atoms with Crippen molar-refractivity contribution in [1.82, 2.24) is 4.90 Å². The Labute approximate surface area is 125 Å². The Kier molecular flexibility index (Phi) is 5.34. The standard InChI is InChI=1S/C15H22N2O2S/c1-11-10-19-12(2)9-17(11)7-8-18-14-5-3-13(4-6-14)15(16)20/h3-6,11-12H,7-10H2,1-2H3,(H2,16,20). The first-order valence-corrected chi connectivity index (χ1v) is 7.35. The largest absolute Gasteiger partial charge is 0.492 e. The molecule has 0 aliphatic carbocycles. The average Bonchev–Trinajstić information content (AvgIpc) is 2.43. The molecule has 0 aromatic heterocycles. The molecule has 1 saturated heterocycles. The highest BCUT2D eigenvalue weighted by molar-refractivity contribution is 7.80. The Morgan fingerprint density at radius 1 is 1.40 bits per heavy atom. The van der Waals surface area contributed by atoms with Gasteiger partial charge in [0, 0.05) is 24.7 Å². The number of nitrogens with two attached hydrogens (primary N) is 1. The minimum absolute atomic E-state index is 0.302. The van der Waals surface area contributed by atoms with Crippen molar-refractivity contribution in [2.45, 2.75) is 26.0 Å². The minimum atomic E-state index is 0.302. The SMILES string of the molecule is CC1CN(CCOc2ccc(C(N)=S)cc2)C(C)CO1. The summed E-state index contributed by atoms with van der Waals surface area (Å²) in [6, 6.07) is 8.03. The third-order valence-electron chi connectivity index (χ3n) is 3.52. The predicted molar refractivity (Wildman–Crippen MR) is 84.3 cm³/mol. The maximum Gasteiger partial charge on any atom is 0.119 e. The van der Waals surface area contributed by atoms with E-state index in [1.54, 1.807) is 0 Å². The molecule has 1 aliphatic rings. The van der Waals surface area contributed by atoms with Crippen LogP contribution in [0.5, 0.6) is 5.75 Å². The van der Waals surface area contributed by atoms with Crippen molar-refractivity contribution in [1.29, 1.82) is 0 Å². The minimum Gasteiger partial charge on any atom is -0.492 e. The number of ether oxygens (including phenoxy) is 2. The zero-order valence-electron chi connectivity index (χ0n) is 12.0. The van der Waals surface area contributed by atoms with E-state index in [0.717, 1.165) is 31.0 Å². The summed E-state index contributed by atoms with van der Waals surface area (Å²) in [6.45, 7) is 7.63. The second-order valence-electron chi connectivity index (χ2n) is 5.22. The highest BCUT2D eigenvalue weighted by Crippen LogP contribution is 2.14. The fraction of sp³-hybridized carbons (Fsp3) is 0.533. The van der Waals surface area contributed by atoms with E-state index in [-0.39, 0.29) is 0 Å². The van der Waals surface area contributed by atoms with Crippen LogP contribution in [0.1, 0.15) is 19.4 Å². The van der Waals surface area contributed by atoms with Gasteiger partial charge in [-0.15, -0.1) is 0 Å². The molecule has 20 heavy (non-hydrogen) atoms. The number of thiocarbonyl (C=S) groups is 1. The highest BCUT2D eigenvalue weighted by atomic mass is 32.1. The molecule has 0 saturated carbocycles. The topological polar surface area (TPSA) is 47.7 Å². The summed E-state index contributed by atoms with van der Waals surface area (Å²) in [5.74, 6) is 0.846. The lowest BCUT2D eigenvalue weighted by atomic mass is 10.2. The number of morpholine rings is 1. The van der Waals surface area contributed by atoms with E-state index in [0.29, 0.717) is 23.7 Å². The van der Waals surface area contributed by atoms with Gasteiger partial charge in [-0.05, 0) is 38.1 Å². The maximum absolute atomic E-state index is 5.76. The molecule has 0 radical (unpaired) electrons. The molecule has 5 heteroatoms. The maximum atomic E-state index is 5.76. The third-order valence-corrected chi connectivity index (χ3v) is 3.76. The molecule has 2 rings (SSSR count). The van der Waals surface area contributed by atoms with Gasteiger partial charge in [0.05, 0.1) is 12.7 Å². The summed E-state index contributed by atoms with van der Waals surface area (Å²) in [5, 5.41) is 0. The van der Waals surface area contributed by atoms with Gasteiger partial charge in [0.1, 0.15) is 17.3 Å². The van der Waals surface area contributed by atoms with Gasteiger partial charge in [0.25, 0.3) is 0 Å². The third kappa shape index (κ3) is 4.16. The van der Waals surface area contributed by atoms with Gasteiger partial charge in [-0.2, -0.15) is 0 Å². The van der Waals surface area contributed by atoms with E-state index in [1.165, 1.54) is 0 Å². The van der Waals surface area contributed by atoms with Crippen LogP contribution in [0, 0.1) is 0 Å². The van der Waals surface area contributed by atoms with E-state index in [1.807, 2.05) is 24.3 Å². The number of nitrogens with zero attached hydrogens (tertiary/aromatic N) is 1. The Morgan fingerprint density at radius 3 is 2.75 bits per heavy atom. The van der Waals surface area contributed by atoms with E-state index in [4.69, 9.17) is 27.4 Å². The summed E-state index contributed by atoms with van der Waals surface area (Å²) < 4.78 is 11.4. The fourth-order valence-electron chi connectivity index (χ4n) is 2.28. The summed E-state index contributed by atoms with van der Waals surface area (Å²) in [7, 11) is 0. The van der Waals surface area contributed by atoms with Crippen LogP contribution < -0.4 is 10.5 Å². The van der Waals surface area contributed by atoms with Crippen LogP contribution in [0.25, 0.3) is 0 Å². The van der Waals surface area contributed by atoms with Gasteiger partial charge in [0.2, 0.25) is 0 Å². The summed E-state index contributed by atoms with van der Waals surface area (Å²) in [6.07, 6.45) is 0.302. The van der Waals surface area contributed by atoms with Crippen molar-refractivity contribution in [2.75, 3.05) is 26.3 Å². The van der Waals surface area contributed by atoms with Gasteiger partial charge in [-0.1, -0.05) is 12.2 Å². The quantitative estimate of drug-likeness (QED) is 0.839. The van der Waals surface area contributed by atoms with Crippen LogP contribution >= 0.6 is 12.2 Å². The van der Waals surface area contributed by atoms with Crippen LogP contribution in [0.15, 0.2) is 24.3 Å². The average molecular weight is 294 g/mol. The second kappa shape index (κ2) is 7.02. The molecule has 0 amide bonds. The van der Waals surface area contributed by atoms with Crippen molar-refractivity contribution < 1.29 is 9.47 Å². The van der Waals surface area contributed by atoms with Crippen molar-refractivity contribution in [3.63, 3.8) is 0 Å². The monoisotopic (exact) mass is 294 g/mol. The molecule has 1 aromatic rings. The van der Waals surface area contributed by atoms with E-state index in [9.17, 15) is 0 Å². The molecular formula is C15H22N2O2S. The van der Waals surface area contributed by atoms with Gasteiger partial charge in [0.15, 0.2) is 0 Å². The van der Waals surface area contributed by atoms with E-state index < -0.39 is 0 Å². The lowest BCUT2D eigenvalue weighted by Crippen LogP contribution is -2.48. The first kappa shape index (κ1) is 15.2. The molecule has 0 bridgehead atoms. The van der Waals surface area contributed by atoms with Crippen LogP contribution in [0.2, 0.25) is 0 Å². The lowest BCUT2D eigenvalue weighted by molar-refractivity contribution is -0.0522. The number of hydrogen-bond donors (Lipinski definition) is 1. The molecule has 1 aliphatic heterocycles. The first-order chi connectivity index (χ1) is 9.56. The number of benzene rings is 1.